The number of carbonyl (C=O) groups excluding carboxylic acids is 1. The Morgan fingerprint density at radius 2 is 2.17 bits per heavy atom. The maximum atomic E-state index is 11.9. The predicted molar refractivity (Wildman–Crippen MR) is 72.1 cm³/mol. The van der Waals surface area contributed by atoms with E-state index >= 15 is 0 Å². The molecular weight excluding hydrogens is 226 g/mol. The van der Waals surface area contributed by atoms with Crippen LogP contribution in [0.3, 0.4) is 0 Å². The maximum Gasteiger partial charge on any atom is 0.272 e. The molecule has 1 aromatic heterocycles. The lowest BCUT2D eigenvalue weighted by Gasteiger charge is -2.26. The molecule has 0 spiro atoms. The lowest BCUT2D eigenvalue weighted by Crippen LogP contribution is -2.32. The molecule has 1 heterocycles. The van der Waals surface area contributed by atoms with Crippen molar-refractivity contribution >= 4 is 11.6 Å². The summed E-state index contributed by atoms with van der Waals surface area (Å²) in [6, 6.07) is 3.43. The van der Waals surface area contributed by atoms with E-state index < -0.39 is 0 Å². The van der Waals surface area contributed by atoms with Crippen LogP contribution in [0.5, 0.6) is 0 Å². The molecule has 98 valence electrons. The lowest BCUT2D eigenvalue weighted by atomic mass is 9.83. The molecule has 1 amide bonds. The van der Waals surface area contributed by atoms with E-state index in [1.807, 2.05) is 0 Å². The molecule has 0 aromatic carbocycles. The van der Waals surface area contributed by atoms with Gasteiger partial charge < -0.3 is 11.1 Å². The van der Waals surface area contributed by atoms with E-state index in [2.05, 4.69) is 17.2 Å². The SMILES string of the molecule is CC1CCC(CNC(=O)c2ncccc2N)CC1. The van der Waals surface area contributed by atoms with E-state index in [4.69, 9.17) is 5.73 Å². The maximum absolute atomic E-state index is 11.9. The van der Waals surface area contributed by atoms with Gasteiger partial charge >= 0.3 is 0 Å². The number of nitrogens with zero attached hydrogens (tertiary/aromatic N) is 1. The standard InChI is InChI=1S/C14H21N3O/c1-10-4-6-11(7-5-10)9-17-14(18)13-12(15)3-2-8-16-13/h2-3,8,10-11H,4-7,9,15H2,1H3,(H,17,18). The Morgan fingerprint density at radius 3 is 2.83 bits per heavy atom. The minimum Gasteiger partial charge on any atom is -0.397 e. The van der Waals surface area contributed by atoms with E-state index in [1.54, 1.807) is 18.3 Å². The first-order valence-corrected chi connectivity index (χ1v) is 6.65. The molecule has 4 heteroatoms. The van der Waals surface area contributed by atoms with Gasteiger partial charge in [-0.15, -0.1) is 0 Å². The minimum absolute atomic E-state index is 0.160. The average Bonchev–Trinajstić information content (AvgIpc) is 2.38. The molecule has 0 unspecified atom stereocenters. The zero-order valence-corrected chi connectivity index (χ0v) is 10.9. The van der Waals surface area contributed by atoms with Gasteiger partial charge in [-0.3, -0.25) is 4.79 Å². The number of carbonyl (C=O) groups is 1. The Labute approximate surface area is 108 Å². The highest BCUT2D eigenvalue weighted by Gasteiger charge is 2.19. The molecule has 0 radical (unpaired) electrons. The number of anilines is 1. The third-order valence-electron chi connectivity index (χ3n) is 3.74. The quantitative estimate of drug-likeness (QED) is 0.860. The van der Waals surface area contributed by atoms with Crippen LogP contribution in [0.2, 0.25) is 0 Å². The fraction of sp³-hybridized carbons (Fsp3) is 0.571. The summed E-state index contributed by atoms with van der Waals surface area (Å²) >= 11 is 0. The Balaban J connectivity index is 1.84. The van der Waals surface area contributed by atoms with Gasteiger partial charge in [-0.05, 0) is 36.8 Å². The molecule has 1 aliphatic carbocycles. The van der Waals surface area contributed by atoms with Crippen LogP contribution in [0.25, 0.3) is 0 Å². The van der Waals surface area contributed by atoms with Gasteiger partial charge in [0.15, 0.2) is 5.69 Å². The minimum atomic E-state index is -0.160. The van der Waals surface area contributed by atoms with Gasteiger partial charge in [-0.2, -0.15) is 0 Å². The molecule has 0 bridgehead atoms. The fourth-order valence-corrected chi connectivity index (χ4v) is 2.46. The zero-order valence-electron chi connectivity index (χ0n) is 10.9. The van der Waals surface area contributed by atoms with Crippen molar-refractivity contribution in [2.75, 3.05) is 12.3 Å². The molecular formula is C14H21N3O. The van der Waals surface area contributed by atoms with Crippen LogP contribution >= 0.6 is 0 Å². The zero-order chi connectivity index (χ0) is 13.0. The number of rotatable bonds is 3. The number of nitrogens with one attached hydrogen (secondary N) is 1. The monoisotopic (exact) mass is 247 g/mol. The van der Waals surface area contributed by atoms with Crippen molar-refractivity contribution in [3.8, 4) is 0 Å². The first-order chi connectivity index (χ1) is 8.66. The highest BCUT2D eigenvalue weighted by molar-refractivity contribution is 5.96. The number of aromatic nitrogens is 1. The second-order valence-electron chi connectivity index (χ2n) is 5.28. The Morgan fingerprint density at radius 1 is 1.44 bits per heavy atom. The second kappa shape index (κ2) is 5.85. The third-order valence-corrected chi connectivity index (χ3v) is 3.74. The van der Waals surface area contributed by atoms with Crippen LogP contribution in [0.1, 0.15) is 43.1 Å². The van der Waals surface area contributed by atoms with Crippen molar-refractivity contribution < 1.29 is 4.79 Å². The van der Waals surface area contributed by atoms with E-state index in [9.17, 15) is 4.79 Å². The fourth-order valence-electron chi connectivity index (χ4n) is 2.46. The number of pyridine rings is 1. The summed E-state index contributed by atoms with van der Waals surface area (Å²) in [6.45, 7) is 3.03. The second-order valence-corrected chi connectivity index (χ2v) is 5.28. The van der Waals surface area contributed by atoms with Gasteiger partial charge in [0.25, 0.3) is 5.91 Å². The van der Waals surface area contributed by atoms with Crippen molar-refractivity contribution in [3.05, 3.63) is 24.0 Å². The van der Waals surface area contributed by atoms with Gasteiger partial charge in [0, 0.05) is 12.7 Å². The first kappa shape index (κ1) is 12.9. The van der Waals surface area contributed by atoms with Gasteiger partial charge in [0.2, 0.25) is 0 Å². The summed E-state index contributed by atoms with van der Waals surface area (Å²) in [5.74, 6) is 1.28. The molecule has 0 saturated heterocycles. The summed E-state index contributed by atoms with van der Waals surface area (Å²) in [7, 11) is 0. The molecule has 1 aliphatic rings. The average molecular weight is 247 g/mol. The summed E-state index contributed by atoms with van der Waals surface area (Å²) in [6.07, 6.45) is 6.55. The van der Waals surface area contributed by atoms with E-state index in [0.29, 0.717) is 17.3 Å². The molecule has 1 saturated carbocycles. The number of hydrogen-bond acceptors (Lipinski definition) is 3. The van der Waals surface area contributed by atoms with E-state index in [1.165, 1.54) is 25.7 Å². The van der Waals surface area contributed by atoms with Gasteiger partial charge in [-0.1, -0.05) is 19.8 Å². The topological polar surface area (TPSA) is 68.0 Å². The van der Waals surface area contributed by atoms with Crippen LogP contribution in [0, 0.1) is 11.8 Å². The van der Waals surface area contributed by atoms with Crippen LogP contribution in [0.15, 0.2) is 18.3 Å². The normalized spacial score (nSPS) is 23.6. The number of amides is 1. The highest BCUT2D eigenvalue weighted by atomic mass is 16.1. The van der Waals surface area contributed by atoms with Gasteiger partial charge in [0.05, 0.1) is 5.69 Å². The first-order valence-electron chi connectivity index (χ1n) is 6.65. The van der Waals surface area contributed by atoms with E-state index in [0.717, 1.165) is 12.5 Å². The van der Waals surface area contributed by atoms with Crippen molar-refractivity contribution in [1.29, 1.82) is 0 Å². The van der Waals surface area contributed by atoms with Gasteiger partial charge in [-0.25, -0.2) is 4.98 Å². The molecule has 1 fully saturated rings. The van der Waals surface area contributed by atoms with Crippen molar-refractivity contribution in [3.63, 3.8) is 0 Å². The largest absolute Gasteiger partial charge is 0.397 e. The van der Waals surface area contributed by atoms with Crippen LogP contribution < -0.4 is 11.1 Å². The number of nitrogen functional groups attached to an aromatic ring is 1. The number of nitrogens with two attached hydrogens (primary N) is 1. The third kappa shape index (κ3) is 3.22. The predicted octanol–water partition coefficient (Wildman–Crippen LogP) is 2.22. The molecule has 0 aliphatic heterocycles. The van der Waals surface area contributed by atoms with Crippen molar-refractivity contribution in [2.24, 2.45) is 11.8 Å². The summed E-state index contributed by atoms with van der Waals surface area (Å²) < 4.78 is 0. The van der Waals surface area contributed by atoms with Crippen LogP contribution in [0.4, 0.5) is 5.69 Å². The Kier molecular flexibility index (Phi) is 4.18. The van der Waals surface area contributed by atoms with Crippen LogP contribution in [-0.4, -0.2) is 17.4 Å². The smallest absolute Gasteiger partial charge is 0.272 e. The van der Waals surface area contributed by atoms with Crippen molar-refractivity contribution in [2.45, 2.75) is 32.6 Å². The Bertz CT molecular complexity index is 411. The van der Waals surface area contributed by atoms with Gasteiger partial charge in [0.1, 0.15) is 0 Å². The number of hydrogen-bond donors (Lipinski definition) is 2. The summed E-state index contributed by atoms with van der Waals surface area (Å²) in [5.41, 5.74) is 6.50. The van der Waals surface area contributed by atoms with Crippen molar-refractivity contribution in [1.82, 2.24) is 10.3 Å². The lowest BCUT2D eigenvalue weighted by molar-refractivity contribution is 0.0938. The molecule has 1 aromatic rings. The highest BCUT2D eigenvalue weighted by Crippen LogP contribution is 2.27. The summed E-state index contributed by atoms with van der Waals surface area (Å²) in [5, 5.41) is 2.94. The molecule has 0 atom stereocenters. The van der Waals surface area contributed by atoms with E-state index in [-0.39, 0.29) is 5.91 Å². The molecule has 2 rings (SSSR count). The summed E-state index contributed by atoms with van der Waals surface area (Å²) in [4.78, 5) is 15.9. The van der Waals surface area contributed by atoms with Crippen LogP contribution in [-0.2, 0) is 0 Å². The Hall–Kier alpha value is -1.58. The molecule has 4 nitrogen and oxygen atoms in total. The molecule has 3 N–H and O–H groups in total. The molecule has 18 heavy (non-hydrogen) atoms.